The molecule has 0 aromatic heterocycles. The van der Waals surface area contributed by atoms with E-state index in [1.54, 1.807) is 42.5 Å². The molecule has 0 radical (unpaired) electrons. The Bertz CT molecular complexity index is 1010. The molecule has 10 heteroatoms. The van der Waals surface area contributed by atoms with Crippen LogP contribution < -0.4 is 21.7 Å². The van der Waals surface area contributed by atoms with E-state index in [-0.39, 0.29) is 18.6 Å². The zero-order valence-electron chi connectivity index (χ0n) is 19.1. The van der Waals surface area contributed by atoms with E-state index < -0.39 is 47.9 Å². The van der Waals surface area contributed by atoms with Crippen LogP contribution in [0, 0.1) is 0 Å². The summed E-state index contributed by atoms with van der Waals surface area (Å²) >= 11 is 0. The van der Waals surface area contributed by atoms with Crippen LogP contribution >= 0.6 is 0 Å². The molecule has 3 amide bonds. The summed E-state index contributed by atoms with van der Waals surface area (Å²) in [5, 5.41) is 26.2. The number of rotatable bonds is 11. The van der Waals surface area contributed by atoms with Crippen molar-refractivity contribution in [2.75, 3.05) is 6.54 Å². The lowest BCUT2D eigenvalue weighted by molar-refractivity contribution is -0.146. The van der Waals surface area contributed by atoms with E-state index in [0.29, 0.717) is 0 Å². The average Bonchev–Trinajstić information content (AvgIpc) is 2.79. The molecule has 34 heavy (non-hydrogen) atoms. The molecule has 0 fully saturated rings. The summed E-state index contributed by atoms with van der Waals surface area (Å²) < 4.78 is 0. The summed E-state index contributed by atoms with van der Waals surface area (Å²) in [6.07, 6.45) is 0.270. The van der Waals surface area contributed by atoms with Gasteiger partial charge in [-0.2, -0.15) is 0 Å². The second kappa shape index (κ2) is 11.8. The van der Waals surface area contributed by atoms with Crippen molar-refractivity contribution in [3.05, 3.63) is 65.7 Å². The van der Waals surface area contributed by atoms with Gasteiger partial charge in [0.15, 0.2) is 0 Å². The zero-order valence-corrected chi connectivity index (χ0v) is 19.1. The van der Waals surface area contributed by atoms with E-state index in [4.69, 9.17) is 5.73 Å². The van der Waals surface area contributed by atoms with E-state index in [9.17, 15) is 29.4 Å². The minimum absolute atomic E-state index is 0.0637. The number of carbonyl (C=O) groups is 4. The number of carboxylic acids is 1. The first-order valence-electron chi connectivity index (χ1n) is 10.7. The minimum atomic E-state index is -1.57. The Hall–Kier alpha value is -3.92. The van der Waals surface area contributed by atoms with Crippen LogP contribution in [-0.4, -0.2) is 58.1 Å². The monoisotopic (exact) mass is 470 g/mol. The highest BCUT2D eigenvalue weighted by molar-refractivity contribution is 5.93. The van der Waals surface area contributed by atoms with Crippen molar-refractivity contribution in [3.63, 3.8) is 0 Å². The second-order valence-electron chi connectivity index (χ2n) is 8.27. The maximum absolute atomic E-state index is 12.3. The first-order valence-corrected chi connectivity index (χ1v) is 10.7. The van der Waals surface area contributed by atoms with Crippen molar-refractivity contribution in [3.8, 4) is 5.75 Å². The van der Waals surface area contributed by atoms with Crippen molar-refractivity contribution in [1.82, 2.24) is 16.0 Å². The van der Waals surface area contributed by atoms with Crippen LogP contribution in [0.2, 0.25) is 0 Å². The number of aromatic hydroxyl groups is 1. The molecule has 3 atom stereocenters. The average molecular weight is 471 g/mol. The molecule has 0 saturated carbocycles. The van der Waals surface area contributed by atoms with Gasteiger partial charge in [-0.1, -0.05) is 42.5 Å². The number of benzene rings is 2. The number of phenolic OH excluding ortho intramolecular Hbond substituents is 1. The van der Waals surface area contributed by atoms with Crippen molar-refractivity contribution in [2.24, 2.45) is 5.73 Å². The number of hydrogen-bond acceptors (Lipinski definition) is 6. The number of hydrogen-bond donors (Lipinski definition) is 6. The fourth-order valence-corrected chi connectivity index (χ4v) is 3.21. The van der Waals surface area contributed by atoms with Crippen LogP contribution in [0.15, 0.2) is 54.6 Å². The summed E-state index contributed by atoms with van der Waals surface area (Å²) in [5.74, 6) is -2.97. The molecule has 0 unspecified atom stereocenters. The fourth-order valence-electron chi connectivity index (χ4n) is 3.21. The molecule has 7 N–H and O–H groups in total. The molecule has 0 spiro atoms. The fraction of sp³-hybridized carbons (Fsp3) is 0.333. The van der Waals surface area contributed by atoms with Crippen molar-refractivity contribution in [1.29, 1.82) is 0 Å². The molecule has 0 heterocycles. The van der Waals surface area contributed by atoms with Crippen molar-refractivity contribution >= 4 is 23.7 Å². The Morgan fingerprint density at radius 3 is 2.18 bits per heavy atom. The zero-order chi connectivity index (χ0) is 25.3. The minimum Gasteiger partial charge on any atom is -0.508 e. The first-order chi connectivity index (χ1) is 16.0. The number of carbonyl (C=O) groups excluding carboxylic acids is 3. The maximum atomic E-state index is 12.3. The number of nitrogens with one attached hydrogen (secondary N) is 3. The lowest BCUT2D eigenvalue weighted by atomic mass is 9.93. The number of carboxylic acid groups (broad SMARTS) is 1. The largest absolute Gasteiger partial charge is 0.508 e. The summed E-state index contributed by atoms with van der Waals surface area (Å²) in [4.78, 5) is 48.7. The molecule has 0 aliphatic rings. The van der Waals surface area contributed by atoms with Crippen LogP contribution in [0.3, 0.4) is 0 Å². The highest BCUT2D eigenvalue weighted by atomic mass is 16.4. The molecule has 2 rings (SSSR count). The first kappa shape index (κ1) is 26.3. The van der Waals surface area contributed by atoms with Gasteiger partial charge in [0.05, 0.1) is 12.6 Å². The van der Waals surface area contributed by atoms with Crippen LogP contribution in [-0.2, 0) is 32.0 Å². The van der Waals surface area contributed by atoms with Gasteiger partial charge in [-0.25, -0.2) is 4.79 Å². The third kappa shape index (κ3) is 7.89. The van der Waals surface area contributed by atoms with Gasteiger partial charge in [0.2, 0.25) is 17.7 Å². The van der Waals surface area contributed by atoms with E-state index in [0.717, 1.165) is 11.1 Å². The Morgan fingerprint density at radius 2 is 1.59 bits per heavy atom. The number of phenols is 1. The third-order valence-corrected chi connectivity index (χ3v) is 5.19. The molecular formula is C24H30N4O6. The Labute approximate surface area is 197 Å². The molecule has 0 aliphatic carbocycles. The molecule has 2 aromatic rings. The maximum Gasteiger partial charge on any atom is 0.329 e. The second-order valence-corrected chi connectivity index (χ2v) is 8.27. The van der Waals surface area contributed by atoms with Gasteiger partial charge in [0, 0.05) is 6.42 Å². The predicted octanol–water partition coefficient (Wildman–Crippen LogP) is 0.0851. The number of nitrogens with two attached hydrogens (primary N) is 1. The molecule has 0 aliphatic heterocycles. The van der Waals surface area contributed by atoms with Crippen molar-refractivity contribution < 1.29 is 29.4 Å². The number of aliphatic carboxylic acids is 1. The molecule has 0 saturated heterocycles. The lowest BCUT2D eigenvalue weighted by Crippen LogP contribution is -2.57. The van der Waals surface area contributed by atoms with Gasteiger partial charge in [-0.3, -0.25) is 14.4 Å². The summed E-state index contributed by atoms with van der Waals surface area (Å²) in [6.45, 7) is 2.37. The third-order valence-electron chi connectivity index (χ3n) is 5.19. The molecule has 0 bridgehead atoms. The Morgan fingerprint density at radius 1 is 0.971 bits per heavy atom. The smallest absolute Gasteiger partial charge is 0.329 e. The van der Waals surface area contributed by atoms with E-state index in [2.05, 4.69) is 16.0 Å². The van der Waals surface area contributed by atoms with Crippen molar-refractivity contribution in [2.45, 2.75) is 44.3 Å². The van der Waals surface area contributed by atoms with Crippen LogP contribution in [0.25, 0.3) is 0 Å². The highest BCUT2D eigenvalue weighted by Gasteiger charge is 2.35. The summed E-state index contributed by atoms with van der Waals surface area (Å²) in [7, 11) is 0. The van der Waals surface area contributed by atoms with Gasteiger partial charge in [-0.05, 0) is 43.5 Å². The highest BCUT2D eigenvalue weighted by Crippen LogP contribution is 2.14. The summed E-state index contributed by atoms with van der Waals surface area (Å²) in [5.41, 5.74) is 5.80. The SMILES string of the molecule is C[C@H](NC(=O)[C@@H](N)Cc1ccc(O)cc1)C(=O)NCC(=O)N[C@@](C)(Cc1ccccc1)C(=O)O. The molecule has 2 aromatic carbocycles. The van der Waals surface area contributed by atoms with Gasteiger partial charge in [0.1, 0.15) is 17.3 Å². The van der Waals surface area contributed by atoms with Gasteiger partial charge >= 0.3 is 5.97 Å². The van der Waals surface area contributed by atoms with Crippen LogP contribution in [0.5, 0.6) is 5.75 Å². The molecular weight excluding hydrogens is 440 g/mol. The predicted molar refractivity (Wildman–Crippen MR) is 125 cm³/mol. The quantitative estimate of drug-likeness (QED) is 0.270. The Kier molecular flexibility index (Phi) is 9.14. The lowest BCUT2D eigenvalue weighted by Gasteiger charge is -2.26. The van der Waals surface area contributed by atoms with Gasteiger partial charge in [0.25, 0.3) is 0 Å². The summed E-state index contributed by atoms with van der Waals surface area (Å²) in [6, 6.07) is 13.2. The van der Waals surface area contributed by atoms with E-state index in [1.165, 1.54) is 26.0 Å². The number of amides is 3. The van der Waals surface area contributed by atoms with Gasteiger partial charge in [-0.15, -0.1) is 0 Å². The standard InChI is InChI=1S/C24H30N4O6/c1-15(27-22(32)19(25)12-16-8-10-18(29)11-9-16)21(31)26-14-20(30)28-24(2,23(33)34)13-17-6-4-3-5-7-17/h3-11,15,19,29H,12-14,25H2,1-2H3,(H,26,31)(H,27,32)(H,28,30)(H,33,34)/t15-,19-,24-/m0/s1. The normalized spacial score (nSPS) is 14.2. The van der Waals surface area contributed by atoms with E-state index in [1.807, 2.05) is 0 Å². The Balaban J connectivity index is 1.83. The van der Waals surface area contributed by atoms with Crippen LogP contribution in [0.4, 0.5) is 0 Å². The van der Waals surface area contributed by atoms with Gasteiger partial charge < -0.3 is 31.9 Å². The molecule has 182 valence electrons. The van der Waals surface area contributed by atoms with Crippen LogP contribution in [0.1, 0.15) is 25.0 Å². The van der Waals surface area contributed by atoms with E-state index >= 15 is 0 Å². The topological polar surface area (TPSA) is 171 Å². The molecule has 10 nitrogen and oxygen atoms in total.